The van der Waals surface area contributed by atoms with Crippen molar-refractivity contribution in [2.24, 2.45) is 0 Å². The smallest absolute Gasteiger partial charge is 0.227 e. The van der Waals surface area contributed by atoms with Crippen LogP contribution in [0.2, 0.25) is 0 Å². The van der Waals surface area contributed by atoms with Crippen LogP contribution in [0.3, 0.4) is 0 Å². The molecule has 1 aromatic carbocycles. The van der Waals surface area contributed by atoms with Gasteiger partial charge in [0.2, 0.25) is 17.6 Å². The van der Waals surface area contributed by atoms with Gasteiger partial charge in [-0.1, -0.05) is 5.16 Å². The van der Waals surface area contributed by atoms with Crippen LogP contribution in [0.5, 0.6) is 5.75 Å². The Morgan fingerprint density at radius 3 is 2.96 bits per heavy atom. The van der Waals surface area contributed by atoms with E-state index in [-0.39, 0.29) is 11.9 Å². The number of aromatic nitrogens is 2. The number of aryl methyl sites for hydroxylation is 1. The molecule has 7 heteroatoms. The van der Waals surface area contributed by atoms with Gasteiger partial charge in [-0.3, -0.25) is 4.79 Å². The van der Waals surface area contributed by atoms with E-state index in [1.807, 2.05) is 31.2 Å². The van der Waals surface area contributed by atoms with Crippen molar-refractivity contribution < 1.29 is 14.1 Å². The molecule has 1 amide bonds. The van der Waals surface area contributed by atoms with Gasteiger partial charge in [0.05, 0.1) is 6.61 Å². The molecule has 1 atom stereocenters. The van der Waals surface area contributed by atoms with Gasteiger partial charge >= 0.3 is 0 Å². The molecule has 134 valence electrons. The Kier molecular flexibility index (Phi) is 6.00. The second-order valence-corrected chi connectivity index (χ2v) is 6.08. The lowest BCUT2D eigenvalue weighted by Gasteiger charge is -2.23. The van der Waals surface area contributed by atoms with E-state index in [2.05, 4.69) is 20.8 Å². The molecule has 7 nitrogen and oxygen atoms in total. The first-order chi connectivity index (χ1) is 12.2. The van der Waals surface area contributed by atoms with Gasteiger partial charge < -0.3 is 19.9 Å². The Balaban J connectivity index is 1.50. The summed E-state index contributed by atoms with van der Waals surface area (Å²) in [5, 5.41) is 10.3. The van der Waals surface area contributed by atoms with Gasteiger partial charge in [0.25, 0.3) is 0 Å². The molecule has 1 fully saturated rings. The third-order valence-corrected chi connectivity index (χ3v) is 4.12. The van der Waals surface area contributed by atoms with Crippen molar-refractivity contribution in [1.82, 2.24) is 20.8 Å². The van der Waals surface area contributed by atoms with Crippen LogP contribution in [0.25, 0.3) is 11.4 Å². The van der Waals surface area contributed by atoms with Crippen molar-refractivity contribution in [1.29, 1.82) is 0 Å². The number of ether oxygens (including phenoxy) is 1. The standard InChI is InChI=1S/C18H24N4O3/c1-2-24-15-7-5-13(6-8-15)18-21-17(25-22-18)10-9-16(23)20-14-4-3-11-19-12-14/h5-8,14,19H,2-4,9-12H2,1H3,(H,20,23). The second kappa shape index (κ2) is 8.62. The zero-order valence-corrected chi connectivity index (χ0v) is 14.5. The number of hydrogen-bond donors (Lipinski definition) is 2. The number of rotatable bonds is 7. The van der Waals surface area contributed by atoms with Crippen molar-refractivity contribution in [3.63, 3.8) is 0 Å². The molecule has 1 aromatic heterocycles. The third-order valence-electron chi connectivity index (χ3n) is 4.12. The number of nitrogens with one attached hydrogen (secondary N) is 2. The van der Waals surface area contributed by atoms with Crippen LogP contribution in [-0.4, -0.2) is 41.8 Å². The van der Waals surface area contributed by atoms with E-state index < -0.39 is 0 Å². The van der Waals surface area contributed by atoms with Gasteiger partial charge in [0.15, 0.2) is 0 Å². The fourth-order valence-corrected chi connectivity index (χ4v) is 2.84. The van der Waals surface area contributed by atoms with Crippen LogP contribution in [0.4, 0.5) is 0 Å². The summed E-state index contributed by atoms with van der Waals surface area (Å²) in [4.78, 5) is 16.4. The number of nitrogens with zero attached hydrogens (tertiary/aromatic N) is 2. The number of piperidine rings is 1. The maximum absolute atomic E-state index is 12.0. The lowest BCUT2D eigenvalue weighted by Crippen LogP contribution is -2.45. The van der Waals surface area contributed by atoms with E-state index in [1.165, 1.54) is 0 Å². The van der Waals surface area contributed by atoms with E-state index in [1.54, 1.807) is 0 Å². The minimum atomic E-state index is 0.0227. The molecule has 2 aromatic rings. The SMILES string of the molecule is CCOc1ccc(-c2noc(CCC(=O)NC3CCCNC3)n2)cc1. The van der Waals surface area contributed by atoms with Crippen LogP contribution >= 0.6 is 0 Å². The Morgan fingerprint density at radius 2 is 2.24 bits per heavy atom. The zero-order valence-electron chi connectivity index (χ0n) is 14.5. The van der Waals surface area contributed by atoms with Crippen molar-refractivity contribution in [3.05, 3.63) is 30.2 Å². The van der Waals surface area contributed by atoms with Crippen LogP contribution < -0.4 is 15.4 Å². The number of hydrogen-bond acceptors (Lipinski definition) is 6. The van der Waals surface area contributed by atoms with E-state index in [4.69, 9.17) is 9.26 Å². The molecule has 2 heterocycles. The molecule has 25 heavy (non-hydrogen) atoms. The maximum atomic E-state index is 12.0. The molecule has 1 unspecified atom stereocenters. The first-order valence-electron chi connectivity index (χ1n) is 8.80. The predicted molar refractivity (Wildman–Crippen MR) is 93.3 cm³/mol. The molecule has 0 aliphatic carbocycles. The van der Waals surface area contributed by atoms with Gasteiger partial charge in [-0.2, -0.15) is 4.98 Å². The minimum absolute atomic E-state index is 0.0227. The van der Waals surface area contributed by atoms with Crippen molar-refractivity contribution in [3.8, 4) is 17.1 Å². The first kappa shape index (κ1) is 17.4. The molecule has 1 saturated heterocycles. The summed E-state index contributed by atoms with van der Waals surface area (Å²) in [5.74, 6) is 1.83. The van der Waals surface area contributed by atoms with Gasteiger partial charge in [0.1, 0.15) is 5.75 Å². The molecule has 0 radical (unpaired) electrons. The van der Waals surface area contributed by atoms with Gasteiger partial charge in [-0.05, 0) is 50.6 Å². The van der Waals surface area contributed by atoms with E-state index in [9.17, 15) is 4.79 Å². The highest BCUT2D eigenvalue weighted by Gasteiger charge is 2.16. The molecule has 2 N–H and O–H groups in total. The van der Waals surface area contributed by atoms with E-state index in [0.29, 0.717) is 31.2 Å². The summed E-state index contributed by atoms with van der Waals surface area (Å²) in [6.07, 6.45) is 2.92. The lowest BCUT2D eigenvalue weighted by atomic mass is 10.1. The molecular weight excluding hydrogens is 320 g/mol. The Hall–Kier alpha value is -2.41. The number of carbonyl (C=O) groups is 1. The Morgan fingerprint density at radius 1 is 1.40 bits per heavy atom. The fourth-order valence-electron chi connectivity index (χ4n) is 2.84. The summed E-state index contributed by atoms with van der Waals surface area (Å²) in [6.45, 7) is 4.45. The Labute approximate surface area is 147 Å². The first-order valence-corrected chi connectivity index (χ1v) is 8.80. The average molecular weight is 344 g/mol. The number of amides is 1. The van der Waals surface area contributed by atoms with Crippen molar-refractivity contribution >= 4 is 5.91 Å². The molecule has 1 aliphatic heterocycles. The van der Waals surface area contributed by atoms with Crippen molar-refractivity contribution in [2.45, 2.75) is 38.6 Å². The van der Waals surface area contributed by atoms with E-state index >= 15 is 0 Å². The van der Waals surface area contributed by atoms with Gasteiger partial charge in [-0.15, -0.1) is 0 Å². The average Bonchev–Trinajstić information content (AvgIpc) is 3.11. The molecular formula is C18H24N4O3. The quantitative estimate of drug-likeness (QED) is 0.798. The summed E-state index contributed by atoms with van der Waals surface area (Å²) in [6, 6.07) is 7.76. The normalized spacial score (nSPS) is 17.2. The summed E-state index contributed by atoms with van der Waals surface area (Å²) >= 11 is 0. The number of carbonyl (C=O) groups excluding carboxylic acids is 1. The molecule has 0 bridgehead atoms. The molecule has 1 aliphatic rings. The second-order valence-electron chi connectivity index (χ2n) is 6.08. The minimum Gasteiger partial charge on any atom is -0.494 e. The summed E-state index contributed by atoms with van der Waals surface area (Å²) in [5.41, 5.74) is 0.858. The predicted octanol–water partition coefficient (Wildman–Crippen LogP) is 1.94. The van der Waals surface area contributed by atoms with Gasteiger partial charge in [0, 0.05) is 31.0 Å². The Bertz CT molecular complexity index is 678. The highest BCUT2D eigenvalue weighted by atomic mass is 16.5. The van der Waals surface area contributed by atoms with Crippen LogP contribution in [0, 0.1) is 0 Å². The maximum Gasteiger partial charge on any atom is 0.227 e. The summed E-state index contributed by atoms with van der Waals surface area (Å²) < 4.78 is 10.7. The molecule has 0 spiro atoms. The largest absolute Gasteiger partial charge is 0.494 e. The highest BCUT2D eigenvalue weighted by molar-refractivity contribution is 5.76. The van der Waals surface area contributed by atoms with Crippen LogP contribution in [0.1, 0.15) is 32.1 Å². The van der Waals surface area contributed by atoms with Gasteiger partial charge in [-0.25, -0.2) is 0 Å². The zero-order chi connectivity index (χ0) is 17.5. The van der Waals surface area contributed by atoms with Crippen molar-refractivity contribution in [2.75, 3.05) is 19.7 Å². The highest BCUT2D eigenvalue weighted by Crippen LogP contribution is 2.20. The van der Waals surface area contributed by atoms with E-state index in [0.717, 1.165) is 37.2 Å². The molecule has 3 rings (SSSR count). The third kappa shape index (κ3) is 5.03. The van der Waals surface area contributed by atoms with Crippen LogP contribution in [-0.2, 0) is 11.2 Å². The number of benzene rings is 1. The fraction of sp³-hybridized carbons (Fsp3) is 0.500. The monoisotopic (exact) mass is 344 g/mol. The summed E-state index contributed by atoms with van der Waals surface area (Å²) in [7, 11) is 0. The topological polar surface area (TPSA) is 89.3 Å². The lowest BCUT2D eigenvalue weighted by molar-refractivity contribution is -0.121. The molecule has 0 saturated carbocycles. The van der Waals surface area contributed by atoms with Crippen LogP contribution in [0.15, 0.2) is 28.8 Å².